The molecule has 0 fully saturated rings. The lowest BCUT2D eigenvalue weighted by Gasteiger charge is -2.03. The van der Waals surface area contributed by atoms with Crippen molar-refractivity contribution in [1.29, 1.82) is 0 Å². The van der Waals surface area contributed by atoms with Crippen LogP contribution >= 0.6 is 0 Å². The molecule has 3 heteroatoms. The minimum atomic E-state index is -0.551. The third-order valence-corrected chi connectivity index (χ3v) is 2.63. The molecule has 0 atom stereocenters. The summed E-state index contributed by atoms with van der Waals surface area (Å²) in [6.07, 6.45) is 0.954. The number of halogens is 1. The molecular weight excluding hydrogens is 241 g/mol. The van der Waals surface area contributed by atoms with Crippen LogP contribution in [0.5, 0.6) is 0 Å². The molecule has 1 N–H and O–H groups in total. The van der Waals surface area contributed by atoms with Gasteiger partial charge in [-0.3, -0.25) is 4.79 Å². The second-order valence-electron chi connectivity index (χ2n) is 4.21. The minimum Gasteiger partial charge on any atom is -0.322 e. The van der Waals surface area contributed by atoms with Crippen LogP contribution in [0.4, 0.5) is 10.1 Å². The number of carbonyl (C=O) groups excluding carboxylic acids is 1. The number of benzene rings is 2. The molecule has 0 aromatic heterocycles. The van der Waals surface area contributed by atoms with Gasteiger partial charge in [0.05, 0.1) is 0 Å². The summed E-state index contributed by atoms with van der Waals surface area (Å²) in [5, 5.41) is 2.61. The van der Waals surface area contributed by atoms with Crippen molar-refractivity contribution in [2.75, 3.05) is 5.32 Å². The number of hydrogen-bond acceptors (Lipinski definition) is 1. The highest BCUT2D eigenvalue weighted by Gasteiger charge is 2.04. The Bertz CT molecular complexity index is 588. The van der Waals surface area contributed by atoms with Crippen LogP contribution in [0.1, 0.15) is 11.1 Å². The smallest absolute Gasteiger partial charge is 0.251 e. The molecule has 0 heterocycles. The molecule has 0 aliphatic carbocycles. The maximum Gasteiger partial charge on any atom is 0.251 e. The summed E-state index contributed by atoms with van der Waals surface area (Å²) in [6, 6.07) is 15.8. The third kappa shape index (κ3) is 3.78. The largest absolute Gasteiger partial charge is 0.322 e. The molecule has 2 nitrogen and oxygen atoms in total. The zero-order valence-electron chi connectivity index (χ0n) is 10.6. The Balaban J connectivity index is 2.07. The highest BCUT2D eigenvalue weighted by atomic mass is 19.1. The Morgan fingerprint density at radius 1 is 1.05 bits per heavy atom. The number of anilines is 1. The van der Waals surface area contributed by atoms with E-state index in [1.54, 1.807) is 42.5 Å². The van der Waals surface area contributed by atoms with Gasteiger partial charge in [-0.1, -0.05) is 48.0 Å². The Morgan fingerprint density at radius 2 is 1.68 bits per heavy atom. The summed E-state index contributed by atoms with van der Waals surface area (Å²) in [5.41, 5.74) is 2.14. The quantitative estimate of drug-likeness (QED) is 0.827. The van der Waals surface area contributed by atoms with Gasteiger partial charge in [-0.2, -0.15) is 0 Å². The standard InChI is InChI=1S/C16H14FNO/c1-12-7-9-14(10-8-12)18-16(19)11-15(17)13-5-3-2-4-6-13/h2-11H,1H3,(H,18,19)/b15-11+. The van der Waals surface area contributed by atoms with Gasteiger partial charge in [-0.05, 0) is 19.1 Å². The van der Waals surface area contributed by atoms with Gasteiger partial charge in [-0.25, -0.2) is 4.39 Å². The zero-order valence-corrected chi connectivity index (χ0v) is 10.6. The summed E-state index contributed by atoms with van der Waals surface area (Å²) in [4.78, 5) is 11.7. The van der Waals surface area contributed by atoms with Gasteiger partial charge in [-0.15, -0.1) is 0 Å². The fourth-order valence-corrected chi connectivity index (χ4v) is 1.61. The zero-order chi connectivity index (χ0) is 13.7. The minimum absolute atomic E-state index is 0.390. The Labute approximate surface area is 111 Å². The molecule has 0 saturated carbocycles. The van der Waals surface area contributed by atoms with Gasteiger partial charge in [0.1, 0.15) is 5.83 Å². The van der Waals surface area contributed by atoms with Crippen molar-refractivity contribution in [1.82, 2.24) is 0 Å². The van der Waals surface area contributed by atoms with Crippen molar-refractivity contribution in [3.63, 3.8) is 0 Å². The SMILES string of the molecule is Cc1ccc(NC(=O)/C=C(/F)c2ccccc2)cc1. The molecule has 2 aromatic carbocycles. The summed E-state index contributed by atoms with van der Waals surface area (Å²) in [7, 11) is 0. The van der Waals surface area contributed by atoms with E-state index in [0.29, 0.717) is 11.3 Å². The van der Waals surface area contributed by atoms with Crippen molar-refractivity contribution in [2.24, 2.45) is 0 Å². The van der Waals surface area contributed by atoms with Gasteiger partial charge in [0.25, 0.3) is 5.91 Å². The first kappa shape index (κ1) is 13.0. The van der Waals surface area contributed by atoms with Crippen LogP contribution in [-0.4, -0.2) is 5.91 Å². The lowest BCUT2D eigenvalue weighted by molar-refractivity contribution is -0.111. The van der Waals surface area contributed by atoms with Crippen molar-refractivity contribution >= 4 is 17.4 Å². The molecule has 0 bridgehead atoms. The third-order valence-electron chi connectivity index (χ3n) is 2.63. The molecule has 0 aliphatic rings. The van der Waals surface area contributed by atoms with E-state index < -0.39 is 11.7 Å². The van der Waals surface area contributed by atoms with E-state index in [2.05, 4.69) is 5.32 Å². The second kappa shape index (κ2) is 5.96. The average molecular weight is 255 g/mol. The van der Waals surface area contributed by atoms with E-state index in [0.717, 1.165) is 11.6 Å². The topological polar surface area (TPSA) is 29.1 Å². The van der Waals surface area contributed by atoms with Gasteiger partial charge in [0.15, 0.2) is 0 Å². The maximum atomic E-state index is 13.8. The highest BCUT2D eigenvalue weighted by Crippen LogP contribution is 2.15. The number of nitrogens with one attached hydrogen (secondary N) is 1. The fraction of sp³-hybridized carbons (Fsp3) is 0.0625. The summed E-state index contributed by atoms with van der Waals surface area (Å²) in [6.45, 7) is 1.96. The van der Waals surface area contributed by atoms with Crippen LogP contribution in [-0.2, 0) is 4.79 Å². The van der Waals surface area contributed by atoms with Crippen molar-refractivity contribution in [3.05, 3.63) is 71.8 Å². The van der Waals surface area contributed by atoms with Gasteiger partial charge < -0.3 is 5.32 Å². The van der Waals surface area contributed by atoms with Crippen molar-refractivity contribution in [3.8, 4) is 0 Å². The molecule has 19 heavy (non-hydrogen) atoms. The molecule has 0 unspecified atom stereocenters. The fourth-order valence-electron chi connectivity index (χ4n) is 1.61. The number of carbonyl (C=O) groups is 1. The molecule has 0 aliphatic heterocycles. The number of amides is 1. The monoisotopic (exact) mass is 255 g/mol. The molecule has 96 valence electrons. The molecule has 2 rings (SSSR count). The number of hydrogen-bond donors (Lipinski definition) is 1. The van der Waals surface area contributed by atoms with E-state index in [1.165, 1.54) is 0 Å². The summed E-state index contributed by atoms with van der Waals surface area (Å²) >= 11 is 0. The number of aryl methyl sites for hydroxylation is 1. The predicted octanol–water partition coefficient (Wildman–Crippen LogP) is 3.94. The summed E-state index contributed by atoms with van der Waals surface area (Å²) < 4.78 is 13.8. The molecular formula is C16H14FNO. The van der Waals surface area contributed by atoms with E-state index >= 15 is 0 Å². The van der Waals surface area contributed by atoms with Crippen LogP contribution in [0.3, 0.4) is 0 Å². The van der Waals surface area contributed by atoms with Crippen LogP contribution in [0.2, 0.25) is 0 Å². The van der Waals surface area contributed by atoms with E-state index in [1.807, 2.05) is 19.1 Å². The second-order valence-corrected chi connectivity index (χ2v) is 4.21. The molecule has 0 spiro atoms. The van der Waals surface area contributed by atoms with Crippen LogP contribution in [0.15, 0.2) is 60.7 Å². The Hall–Kier alpha value is -2.42. The summed E-state index contributed by atoms with van der Waals surface area (Å²) in [5.74, 6) is -1.03. The highest BCUT2D eigenvalue weighted by molar-refractivity contribution is 6.03. The van der Waals surface area contributed by atoms with Crippen LogP contribution < -0.4 is 5.32 Å². The van der Waals surface area contributed by atoms with Crippen LogP contribution in [0.25, 0.3) is 5.83 Å². The van der Waals surface area contributed by atoms with Gasteiger partial charge in [0.2, 0.25) is 0 Å². The van der Waals surface area contributed by atoms with E-state index in [4.69, 9.17) is 0 Å². The predicted molar refractivity (Wildman–Crippen MR) is 75.3 cm³/mol. The van der Waals surface area contributed by atoms with E-state index in [-0.39, 0.29) is 0 Å². The van der Waals surface area contributed by atoms with Crippen molar-refractivity contribution < 1.29 is 9.18 Å². The molecule has 1 amide bonds. The van der Waals surface area contributed by atoms with Gasteiger partial charge >= 0.3 is 0 Å². The van der Waals surface area contributed by atoms with Gasteiger partial charge in [0, 0.05) is 17.3 Å². The maximum absolute atomic E-state index is 13.8. The molecule has 2 aromatic rings. The van der Waals surface area contributed by atoms with E-state index in [9.17, 15) is 9.18 Å². The van der Waals surface area contributed by atoms with Crippen LogP contribution in [0, 0.1) is 6.92 Å². The lowest BCUT2D eigenvalue weighted by atomic mass is 10.2. The molecule has 0 saturated heterocycles. The Morgan fingerprint density at radius 3 is 2.32 bits per heavy atom. The molecule has 0 radical (unpaired) electrons. The Kier molecular flexibility index (Phi) is 4.08. The first-order valence-electron chi connectivity index (χ1n) is 5.95. The normalized spacial score (nSPS) is 11.2. The first-order valence-corrected chi connectivity index (χ1v) is 5.95. The number of rotatable bonds is 3. The van der Waals surface area contributed by atoms with Crippen molar-refractivity contribution in [2.45, 2.75) is 6.92 Å². The lowest BCUT2D eigenvalue weighted by Crippen LogP contribution is -2.08. The average Bonchev–Trinajstić information content (AvgIpc) is 2.42. The first-order chi connectivity index (χ1) is 9.15.